The summed E-state index contributed by atoms with van der Waals surface area (Å²) in [7, 11) is -3.22. The average molecular weight is 487 g/mol. The van der Waals surface area contributed by atoms with Crippen molar-refractivity contribution in [3.63, 3.8) is 0 Å². The van der Waals surface area contributed by atoms with E-state index in [4.69, 9.17) is 16.6 Å². The maximum absolute atomic E-state index is 12.0. The molecule has 0 spiro atoms. The van der Waals surface area contributed by atoms with Gasteiger partial charge < -0.3 is 9.67 Å². The van der Waals surface area contributed by atoms with Crippen LogP contribution in [-0.2, 0) is 22.0 Å². The standard InChI is InChI=1S/C26H31ClN2O3S/c1-26(2,30)24-17-29(16-21-7-4-5-10-23(21)27)25(28-24)19-13-11-18(12-14-19)20-8-6-9-22(15-20)33(3,31)32/h4-10,15,17-19,30H,11-14,16H2,1-3H3. The highest BCUT2D eigenvalue weighted by Crippen LogP contribution is 2.41. The SMILES string of the molecule is CC(C)(O)c1cn(Cc2ccccc2Cl)c(C2CCC(c3cccc(S(C)(=O)=O)c3)CC2)n1. The Labute approximate surface area is 201 Å². The number of sulfone groups is 1. The van der Waals surface area contributed by atoms with E-state index < -0.39 is 15.4 Å². The van der Waals surface area contributed by atoms with E-state index in [0.29, 0.717) is 23.1 Å². The number of rotatable bonds is 6. The van der Waals surface area contributed by atoms with Crippen LogP contribution in [0.1, 0.15) is 74.0 Å². The first kappa shape index (κ1) is 24.0. The van der Waals surface area contributed by atoms with Gasteiger partial charge in [-0.1, -0.05) is 41.9 Å². The molecular formula is C26H31ClN2O3S. The van der Waals surface area contributed by atoms with Gasteiger partial charge in [0, 0.05) is 23.4 Å². The molecule has 0 amide bonds. The van der Waals surface area contributed by atoms with Gasteiger partial charge in [0.15, 0.2) is 9.84 Å². The molecule has 0 aliphatic heterocycles. The van der Waals surface area contributed by atoms with E-state index in [1.807, 2.05) is 48.7 Å². The van der Waals surface area contributed by atoms with Crippen LogP contribution in [0.15, 0.2) is 59.6 Å². The fraction of sp³-hybridized carbons (Fsp3) is 0.423. The lowest BCUT2D eigenvalue weighted by Gasteiger charge is -2.29. The Balaban J connectivity index is 1.56. The molecule has 2 aromatic carbocycles. The predicted octanol–water partition coefficient (Wildman–Crippen LogP) is 5.66. The largest absolute Gasteiger partial charge is 0.384 e. The lowest BCUT2D eigenvalue weighted by Crippen LogP contribution is -2.17. The van der Waals surface area contributed by atoms with Gasteiger partial charge in [-0.05, 0) is 74.8 Å². The summed E-state index contributed by atoms with van der Waals surface area (Å²) >= 11 is 6.41. The van der Waals surface area contributed by atoms with Crippen molar-refractivity contribution in [3.05, 3.63) is 82.4 Å². The Morgan fingerprint density at radius 3 is 2.36 bits per heavy atom. The van der Waals surface area contributed by atoms with E-state index in [-0.39, 0.29) is 5.92 Å². The molecule has 7 heteroatoms. The van der Waals surface area contributed by atoms with Crippen molar-refractivity contribution >= 4 is 21.4 Å². The first-order valence-electron chi connectivity index (χ1n) is 11.4. The lowest BCUT2D eigenvalue weighted by molar-refractivity contribution is 0.0740. The van der Waals surface area contributed by atoms with Gasteiger partial charge in [-0.3, -0.25) is 0 Å². The van der Waals surface area contributed by atoms with Gasteiger partial charge in [-0.15, -0.1) is 0 Å². The van der Waals surface area contributed by atoms with Crippen molar-refractivity contribution in [1.82, 2.24) is 9.55 Å². The smallest absolute Gasteiger partial charge is 0.175 e. The summed E-state index contributed by atoms with van der Waals surface area (Å²) in [4.78, 5) is 5.25. The quantitative estimate of drug-likeness (QED) is 0.488. The van der Waals surface area contributed by atoms with Gasteiger partial charge in [0.2, 0.25) is 0 Å². The molecule has 0 unspecified atom stereocenters. The predicted molar refractivity (Wildman–Crippen MR) is 132 cm³/mol. The van der Waals surface area contributed by atoms with Crippen LogP contribution in [0.4, 0.5) is 0 Å². The van der Waals surface area contributed by atoms with Crippen LogP contribution in [0.25, 0.3) is 0 Å². The Morgan fingerprint density at radius 1 is 1.06 bits per heavy atom. The molecule has 33 heavy (non-hydrogen) atoms. The fourth-order valence-corrected chi connectivity index (χ4v) is 5.54. The van der Waals surface area contributed by atoms with Crippen LogP contribution in [0.2, 0.25) is 5.02 Å². The van der Waals surface area contributed by atoms with E-state index in [0.717, 1.165) is 47.7 Å². The molecule has 1 heterocycles. The van der Waals surface area contributed by atoms with Crippen LogP contribution in [0, 0.1) is 0 Å². The van der Waals surface area contributed by atoms with E-state index in [1.54, 1.807) is 19.9 Å². The second-order valence-corrected chi connectivity index (χ2v) is 12.1. The van der Waals surface area contributed by atoms with Crippen molar-refractivity contribution in [1.29, 1.82) is 0 Å². The lowest BCUT2D eigenvalue weighted by atomic mass is 9.78. The number of hydrogen-bond donors (Lipinski definition) is 1. The number of halogens is 1. The molecule has 0 saturated heterocycles. The third-order valence-corrected chi connectivity index (χ3v) is 8.06. The molecule has 1 saturated carbocycles. The number of nitrogens with zero attached hydrogens (tertiary/aromatic N) is 2. The second kappa shape index (κ2) is 9.24. The first-order chi connectivity index (χ1) is 15.5. The minimum atomic E-state index is -3.22. The molecule has 0 radical (unpaired) electrons. The molecule has 1 aromatic heterocycles. The van der Waals surface area contributed by atoms with Crippen LogP contribution in [0.3, 0.4) is 0 Å². The zero-order valence-corrected chi connectivity index (χ0v) is 20.9. The van der Waals surface area contributed by atoms with Crippen molar-refractivity contribution in [2.45, 2.75) is 68.4 Å². The third kappa shape index (κ3) is 5.51. The summed E-state index contributed by atoms with van der Waals surface area (Å²) in [5.74, 6) is 1.59. The number of aliphatic hydroxyl groups is 1. The zero-order chi connectivity index (χ0) is 23.8. The van der Waals surface area contributed by atoms with Crippen LogP contribution in [-0.4, -0.2) is 29.3 Å². The third-order valence-electron chi connectivity index (χ3n) is 6.58. The van der Waals surface area contributed by atoms with E-state index >= 15 is 0 Å². The van der Waals surface area contributed by atoms with Crippen molar-refractivity contribution in [3.8, 4) is 0 Å². The van der Waals surface area contributed by atoms with E-state index in [1.165, 1.54) is 6.26 Å². The molecule has 4 rings (SSSR count). The molecule has 0 bridgehead atoms. The van der Waals surface area contributed by atoms with Gasteiger partial charge in [-0.25, -0.2) is 13.4 Å². The minimum Gasteiger partial charge on any atom is -0.384 e. The first-order valence-corrected chi connectivity index (χ1v) is 13.6. The highest BCUT2D eigenvalue weighted by atomic mass is 35.5. The molecule has 0 atom stereocenters. The molecule has 176 valence electrons. The molecule has 1 aliphatic carbocycles. The summed E-state index contributed by atoms with van der Waals surface area (Å²) in [5, 5.41) is 11.3. The highest BCUT2D eigenvalue weighted by Gasteiger charge is 2.30. The summed E-state index contributed by atoms with van der Waals surface area (Å²) in [5.41, 5.74) is 1.75. The van der Waals surface area contributed by atoms with Crippen LogP contribution in [0.5, 0.6) is 0 Å². The van der Waals surface area contributed by atoms with Gasteiger partial charge in [0.05, 0.1) is 17.1 Å². The number of aromatic nitrogens is 2. The molecule has 1 N–H and O–H groups in total. The summed E-state index contributed by atoms with van der Waals surface area (Å²) < 4.78 is 26.0. The Kier molecular flexibility index (Phi) is 6.72. The Morgan fingerprint density at radius 2 is 1.73 bits per heavy atom. The van der Waals surface area contributed by atoms with Gasteiger partial charge in [0.25, 0.3) is 0 Å². The Hall–Kier alpha value is -2.15. The molecular weight excluding hydrogens is 456 g/mol. The minimum absolute atomic E-state index is 0.276. The van der Waals surface area contributed by atoms with E-state index in [9.17, 15) is 13.5 Å². The maximum Gasteiger partial charge on any atom is 0.175 e. The van der Waals surface area contributed by atoms with Gasteiger partial charge in [0.1, 0.15) is 11.4 Å². The number of imidazole rings is 1. The number of benzene rings is 2. The van der Waals surface area contributed by atoms with Gasteiger partial charge in [-0.2, -0.15) is 0 Å². The van der Waals surface area contributed by atoms with Crippen LogP contribution < -0.4 is 0 Å². The summed E-state index contributed by atoms with van der Waals surface area (Å²) in [6, 6.07) is 15.2. The monoisotopic (exact) mass is 486 g/mol. The van der Waals surface area contributed by atoms with Crippen molar-refractivity contribution in [2.75, 3.05) is 6.26 Å². The molecule has 5 nitrogen and oxygen atoms in total. The summed E-state index contributed by atoms with van der Waals surface area (Å²) in [6.45, 7) is 4.11. The van der Waals surface area contributed by atoms with Gasteiger partial charge >= 0.3 is 0 Å². The zero-order valence-electron chi connectivity index (χ0n) is 19.3. The molecule has 1 fully saturated rings. The van der Waals surface area contributed by atoms with Crippen molar-refractivity contribution in [2.24, 2.45) is 0 Å². The van der Waals surface area contributed by atoms with E-state index in [2.05, 4.69) is 4.57 Å². The number of hydrogen-bond acceptors (Lipinski definition) is 4. The van der Waals surface area contributed by atoms with Crippen LogP contribution >= 0.6 is 11.6 Å². The van der Waals surface area contributed by atoms with Crippen molar-refractivity contribution < 1.29 is 13.5 Å². The maximum atomic E-state index is 12.0. The average Bonchev–Trinajstić information content (AvgIpc) is 3.19. The topological polar surface area (TPSA) is 72.2 Å². The normalized spacial score (nSPS) is 19.5. The highest BCUT2D eigenvalue weighted by molar-refractivity contribution is 7.90. The fourth-order valence-electron chi connectivity index (χ4n) is 4.67. The molecule has 3 aromatic rings. The molecule has 1 aliphatic rings. The Bertz CT molecular complexity index is 1240. The second-order valence-electron chi connectivity index (χ2n) is 9.66. The summed E-state index contributed by atoms with van der Waals surface area (Å²) in [6.07, 6.45) is 7.04.